The molecule has 1 aliphatic heterocycles. The van der Waals surface area contributed by atoms with Crippen molar-refractivity contribution in [3.05, 3.63) is 72.0 Å². The molecule has 0 bridgehead atoms. The number of piperazine rings is 1. The molecule has 2 aromatic carbocycles. The number of hydrogen-bond acceptors (Lipinski definition) is 7. The predicted octanol–water partition coefficient (Wildman–Crippen LogP) is 4.62. The maximum Gasteiger partial charge on any atom is 0.268 e. The van der Waals surface area contributed by atoms with E-state index in [4.69, 9.17) is 16.6 Å². The topological polar surface area (TPSA) is 92.2 Å². The number of benzene rings is 2. The molecule has 2 N–H and O–H groups in total. The van der Waals surface area contributed by atoms with E-state index in [1.165, 1.54) is 10.4 Å². The number of nitrogens with zero attached hydrogens (tertiary/aromatic N) is 4. The van der Waals surface area contributed by atoms with Gasteiger partial charge in [-0.05, 0) is 43.9 Å². The van der Waals surface area contributed by atoms with Crippen LogP contribution in [-0.2, 0) is 10.0 Å². The maximum absolute atomic E-state index is 13.5. The fourth-order valence-corrected chi connectivity index (χ4v) is 7.31. The number of fused-ring (bicyclic) bond motifs is 1. The first-order chi connectivity index (χ1) is 18.5. The Morgan fingerprint density at radius 3 is 2.58 bits per heavy atom. The molecule has 6 rings (SSSR count). The number of nitrogens with one attached hydrogen (secondary N) is 2. The second-order valence-electron chi connectivity index (χ2n) is 10.0. The van der Waals surface area contributed by atoms with Gasteiger partial charge in [-0.1, -0.05) is 48.0 Å². The average Bonchev–Trinajstić information content (AvgIpc) is 3.36. The van der Waals surface area contributed by atoms with E-state index in [2.05, 4.69) is 20.5 Å². The molecule has 0 radical (unpaired) electrons. The summed E-state index contributed by atoms with van der Waals surface area (Å²) < 4.78 is 28.4. The third kappa shape index (κ3) is 4.91. The Labute approximate surface area is 228 Å². The van der Waals surface area contributed by atoms with E-state index in [1.54, 1.807) is 48.8 Å². The van der Waals surface area contributed by atoms with Crippen LogP contribution in [0.25, 0.3) is 22.2 Å². The molecule has 4 aromatic rings. The van der Waals surface area contributed by atoms with E-state index in [0.717, 1.165) is 50.8 Å². The number of rotatable bonds is 6. The third-order valence-corrected chi connectivity index (χ3v) is 9.59. The van der Waals surface area contributed by atoms with Gasteiger partial charge >= 0.3 is 0 Å². The molecule has 1 saturated carbocycles. The lowest BCUT2D eigenvalue weighted by molar-refractivity contribution is 0.134. The van der Waals surface area contributed by atoms with Gasteiger partial charge in [0.1, 0.15) is 0 Å². The summed E-state index contributed by atoms with van der Waals surface area (Å²) in [6.07, 6.45) is 7.72. The Kier molecular flexibility index (Phi) is 7.09. The van der Waals surface area contributed by atoms with E-state index < -0.39 is 10.0 Å². The van der Waals surface area contributed by atoms with Gasteiger partial charge in [0, 0.05) is 55.4 Å². The molecule has 10 heteroatoms. The summed E-state index contributed by atoms with van der Waals surface area (Å²) in [6.45, 7) is 4.28. The summed E-state index contributed by atoms with van der Waals surface area (Å²) in [5.41, 5.74) is 1.73. The zero-order valence-electron chi connectivity index (χ0n) is 21.1. The third-order valence-electron chi connectivity index (χ3n) is 7.62. The number of anilines is 1. The minimum Gasteiger partial charge on any atom is -0.351 e. The lowest BCUT2D eigenvalue weighted by atomic mass is 9.89. The number of para-hydroxylation sites is 1. The molecular formula is C28H31ClN6O2S. The highest BCUT2D eigenvalue weighted by Gasteiger charge is 2.28. The number of hydrogen-bond donors (Lipinski definition) is 2. The number of halogens is 1. The highest BCUT2D eigenvalue weighted by atomic mass is 35.5. The molecular weight excluding hydrogens is 520 g/mol. The van der Waals surface area contributed by atoms with Crippen LogP contribution in [0, 0.1) is 0 Å². The van der Waals surface area contributed by atoms with Gasteiger partial charge in [-0.3, -0.25) is 4.90 Å². The maximum atomic E-state index is 13.5. The molecule has 8 nitrogen and oxygen atoms in total. The SMILES string of the molecule is O=S(=O)(c1ccccc1)n1cc(-c2nc(N[C@@H]3CCCC(N4CCNCC4)C3)ncc2Cl)c2ccccc21. The predicted molar refractivity (Wildman–Crippen MR) is 151 cm³/mol. The molecule has 0 spiro atoms. The van der Waals surface area contributed by atoms with Crippen molar-refractivity contribution >= 4 is 38.5 Å². The normalized spacial score (nSPS) is 21.0. The van der Waals surface area contributed by atoms with Crippen molar-refractivity contribution in [2.75, 3.05) is 31.5 Å². The van der Waals surface area contributed by atoms with Crippen LogP contribution in [0.15, 0.2) is 71.9 Å². The van der Waals surface area contributed by atoms with Crippen LogP contribution in [-0.4, -0.2) is 65.5 Å². The molecule has 198 valence electrons. The first-order valence-electron chi connectivity index (χ1n) is 13.2. The summed E-state index contributed by atoms with van der Waals surface area (Å²) in [5.74, 6) is 0.512. The molecule has 0 amide bonds. The average molecular weight is 551 g/mol. The first kappa shape index (κ1) is 25.3. The van der Waals surface area contributed by atoms with E-state index in [0.29, 0.717) is 33.8 Å². The Hall–Kier alpha value is -2.98. The van der Waals surface area contributed by atoms with Crippen LogP contribution in [0.5, 0.6) is 0 Å². The lowest BCUT2D eigenvalue weighted by Gasteiger charge is -2.39. The zero-order chi connectivity index (χ0) is 26.1. The van der Waals surface area contributed by atoms with E-state index in [-0.39, 0.29) is 10.9 Å². The van der Waals surface area contributed by atoms with Gasteiger partial charge in [-0.2, -0.15) is 0 Å². The zero-order valence-corrected chi connectivity index (χ0v) is 22.6. The van der Waals surface area contributed by atoms with E-state index in [1.807, 2.05) is 18.2 Å². The molecule has 1 saturated heterocycles. The minimum absolute atomic E-state index is 0.222. The standard InChI is InChI=1S/C28H31ClN6O2S/c29-25-18-31-28(32-20-7-6-8-21(17-20)34-15-13-30-14-16-34)33-27(25)24-19-35(26-12-5-4-11-23(24)26)38(36,37)22-9-2-1-3-10-22/h1-5,9-12,18-21,30H,6-8,13-17H2,(H,31,32,33)/t20-,21?/m1/s1. The Morgan fingerprint density at radius 1 is 1.00 bits per heavy atom. The minimum atomic E-state index is -3.81. The summed E-state index contributed by atoms with van der Waals surface area (Å²) in [7, 11) is -3.81. The van der Waals surface area contributed by atoms with Crippen LogP contribution < -0.4 is 10.6 Å². The fourth-order valence-electron chi connectivity index (χ4n) is 5.73. The monoisotopic (exact) mass is 550 g/mol. The second kappa shape index (κ2) is 10.6. The van der Waals surface area contributed by atoms with Crippen molar-refractivity contribution in [1.29, 1.82) is 0 Å². The molecule has 2 aromatic heterocycles. The molecule has 3 heterocycles. The highest BCUT2D eigenvalue weighted by Crippen LogP contribution is 2.36. The number of aromatic nitrogens is 3. The van der Waals surface area contributed by atoms with Crippen molar-refractivity contribution in [2.24, 2.45) is 0 Å². The van der Waals surface area contributed by atoms with Crippen molar-refractivity contribution in [1.82, 2.24) is 24.2 Å². The van der Waals surface area contributed by atoms with Gasteiger partial charge in [-0.25, -0.2) is 22.4 Å². The van der Waals surface area contributed by atoms with Crippen molar-refractivity contribution in [3.63, 3.8) is 0 Å². The van der Waals surface area contributed by atoms with Crippen LogP contribution in [0.4, 0.5) is 5.95 Å². The van der Waals surface area contributed by atoms with Crippen LogP contribution in [0.2, 0.25) is 5.02 Å². The molecule has 38 heavy (non-hydrogen) atoms. The van der Waals surface area contributed by atoms with Gasteiger partial charge in [0.05, 0.1) is 27.3 Å². The van der Waals surface area contributed by atoms with Crippen LogP contribution in [0.1, 0.15) is 25.7 Å². The van der Waals surface area contributed by atoms with Gasteiger partial charge in [0.15, 0.2) is 0 Å². The quantitative estimate of drug-likeness (QED) is 0.362. The smallest absolute Gasteiger partial charge is 0.268 e. The Bertz CT molecular complexity index is 1540. The summed E-state index contributed by atoms with van der Waals surface area (Å²) in [4.78, 5) is 12.1. The lowest BCUT2D eigenvalue weighted by Crippen LogP contribution is -2.50. The van der Waals surface area contributed by atoms with Gasteiger partial charge < -0.3 is 10.6 Å². The van der Waals surface area contributed by atoms with Crippen molar-refractivity contribution in [2.45, 2.75) is 42.7 Å². The summed E-state index contributed by atoms with van der Waals surface area (Å²) in [6, 6.07) is 16.7. The van der Waals surface area contributed by atoms with E-state index >= 15 is 0 Å². The fraction of sp³-hybridized carbons (Fsp3) is 0.357. The molecule has 1 unspecified atom stereocenters. The molecule has 2 aliphatic rings. The molecule has 2 fully saturated rings. The highest BCUT2D eigenvalue weighted by molar-refractivity contribution is 7.90. The molecule has 2 atom stereocenters. The summed E-state index contributed by atoms with van der Waals surface area (Å²) >= 11 is 6.62. The Morgan fingerprint density at radius 2 is 1.76 bits per heavy atom. The van der Waals surface area contributed by atoms with Gasteiger partial charge in [0.2, 0.25) is 5.95 Å². The van der Waals surface area contributed by atoms with Crippen LogP contribution in [0.3, 0.4) is 0 Å². The van der Waals surface area contributed by atoms with Gasteiger partial charge in [0.25, 0.3) is 10.0 Å². The second-order valence-corrected chi connectivity index (χ2v) is 12.2. The van der Waals surface area contributed by atoms with Crippen LogP contribution >= 0.6 is 11.6 Å². The van der Waals surface area contributed by atoms with Crippen molar-refractivity contribution < 1.29 is 8.42 Å². The summed E-state index contributed by atoms with van der Waals surface area (Å²) in [5, 5.41) is 8.12. The first-order valence-corrected chi connectivity index (χ1v) is 15.0. The molecule has 1 aliphatic carbocycles. The van der Waals surface area contributed by atoms with Crippen molar-refractivity contribution in [3.8, 4) is 11.3 Å². The Balaban J connectivity index is 1.32. The largest absolute Gasteiger partial charge is 0.351 e. The van der Waals surface area contributed by atoms with Gasteiger partial charge in [-0.15, -0.1) is 0 Å². The van der Waals surface area contributed by atoms with E-state index in [9.17, 15) is 8.42 Å².